The lowest BCUT2D eigenvalue weighted by Gasteiger charge is -2.12. The molecular formula is C25H23N5O2. The maximum absolute atomic E-state index is 13.6. The molecular weight excluding hydrogens is 402 g/mol. The van der Waals surface area contributed by atoms with E-state index in [1.54, 1.807) is 10.9 Å². The van der Waals surface area contributed by atoms with Crippen LogP contribution in [0.3, 0.4) is 0 Å². The van der Waals surface area contributed by atoms with Crippen LogP contribution in [0.1, 0.15) is 24.0 Å². The maximum atomic E-state index is 13.6. The SMILES string of the molecule is Cc1ccc(C)c(-n2c3nc4ccccc4nc3c3c(=O)n(C[C@H]4CCCO4)cnc32)c1. The van der Waals surface area contributed by atoms with Crippen LogP contribution in [0.4, 0.5) is 0 Å². The van der Waals surface area contributed by atoms with Gasteiger partial charge in [-0.15, -0.1) is 0 Å². The van der Waals surface area contributed by atoms with Gasteiger partial charge in [-0.2, -0.15) is 0 Å². The summed E-state index contributed by atoms with van der Waals surface area (Å²) in [6.07, 6.45) is 3.66. The number of hydrogen-bond acceptors (Lipinski definition) is 5. The second-order valence-electron chi connectivity index (χ2n) is 8.55. The Morgan fingerprint density at radius 3 is 2.66 bits per heavy atom. The third kappa shape index (κ3) is 2.92. The highest BCUT2D eigenvalue weighted by molar-refractivity contribution is 6.05. The minimum atomic E-state index is -0.107. The number of ether oxygens (including phenoxy) is 1. The molecule has 1 aliphatic rings. The average molecular weight is 425 g/mol. The van der Waals surface area contributed by atoms with Gasteiger partial charge in [0, 0.05) is 6.61 Å². The fourth-order valence-corrected chi connectivity index (χ4v) is 4.60. The molecule has 160 valence electrons. The van der Waals surface area contributed by atoms with Crippen molar-refractivity contribution in [2.75, 3.05) is 6.61 Å². The minimum absolute atomic E-state index is 0.0474. The summed E-state index contributed by atoms with van der Waals surface area (Å²) >= 11 is 0. The van der Waals surface area contributed by atoms with E-state index in [0.717, 1.165) is 47.3 Å². The van der Waals surface area contributed by atoms with Crippen LogP contribution in [0.5, 0.6) is 0 Å². The van der Waals surface area contributed by atoms with E-state index in [9.17, 15) is 4.79 Å². The van der Waals surface area contributed by atoms with Gasteiger partial charge >= 0.3 is 0 Å². The quantitative estimate of drug-likeness (QED) is 0.435. The monoisotopic (exact) mass is 425 g/mol. The van der Waals surface area contributed by atoms with E-state index in [4.69, 9.17) is 19.7 Å². The van der Waals surface area contributed by atoms with Gasteiger partial charge in [0.25, 0.3) is 5.56 Å². The van der Waals surface area contributed by atoms with Crippen molar-refractivity contribution in [1.29, 1.82) is 0 Å². The molecule has 0 N–H and O–H groups in total. The van der Waals surface area contributed by atoms with Crippen molar-refractivity contribution in [3.05, 3.63) is 70.3 Å². The Morgan fingerprint density at radius 1 is 1.06 bits per heavy atom. The zero-order valence-corrected chi connectivity index (χ0v) is 18.1. The maximum Gasteiger partial charge on any atom is 0.265 e. The lowest BCUT2D eigenvalue weighted by molar-refractivity contribution is 0.0960. The Balaban J connectivity index is 1.71. The molecule has 7 heteroatoms. The Kier molecular flexibility index (Phi) is 4.33. The van der Waals surface area contributed by atoms with Gasteiger partial charge in [0.05, 0.1) is 29.4 Å². The van der Waals surface area contributed by atoms with Crippen molar-refractivity contribution in [1.82, 2.24) is 24.1 Å². The van der Waals surface area contributed by atoms with Crippen molar-refractivity contribution >= 4 is 33.2 Å². The average Bonchev–Trinajstić information content (AvgIpc) is 3.42. The zero-order chi connectivity index (χ0) is 21.8. The lowest BCUT2D eigenvalue weighted by atomic mass is 10.1. The van der Waals surface area contributed by atoms with Crippen molar-refractivity contribution < 1.29 is 4.74 Å². The van der Waals surface area contributed by atoms with E-state index in [1.807, 2.05) is 28.8 Å². The second-order valence-corrected chi connectivity index (χ2v) is 8.55. The highest BCUT2D eigenvalue weighted by Gasteiger charge is 2.23. The van der Waals surface area contributed by atoms with Gasteiger partial charge in [0.1, 0.15) is 17.2 Å². The van der Waals surface area contributed by atoms with Crippen LogP contribution in [-0.4, -0.2) is 36.8 Å². The molecule has 1 saturated heterocycles. The van der Waals surface area contributed by atoms with Gasteiger partial charge < -0.3 is 4.74 Å². The fraction of sp³-hybridized carbons (Fsp3) is 0.280. The van der Waals surface area contributed by atoms with Gasteiger partial charge in [-0.1, -0.05) is 24.3 Å². The fourth-order valence-electron chi connectivity index (χ4n) is 4.60. The highest BCUT2D eigenvalue weighted by atomic mass is 16.5. The van der Waals surface area contributed by atoms with Crippen molar-refractivity contribution in [3.8, 4) is 5.69 Å². The van der Waals surface area contributed by atoms with Crippen LogP contribution in [0.25, 0.3) is 38.9 Å². The summed E-state index contributed by atoms with van der Waals surface area (Å²) in [6.45, 7) is 5.36. The molecule has 0 bridgehead atoms. The highest BCUT2D eigenvalue weighted by Crippen LogP contribution is 2.30. The van der Waals surface area contributed by atoms with E-state index < -0.39 is 0 Å². The summed E-state index contributed by atoms with van der Waals surface area (Å²) in [5, 5.41) is 0.500. The Hall–Kier alpha value is -3.58. The summed E-state index contributed by atoms with van der Waals surface area (Å²) in [5.74, 6) is 0. The van der Waals surface area contributed by atoms with Crippen LogP contribution >= 0.6 is 0 Å². The number of hydrogen-bond donors (Lipinski definition) is 0. The zero-order valence-electron chi connectivity index (χ0n) is 18.1. The number of benzene rings is 2. The molecule has 32 heavy (non-hydrogen) atoms. The van der Waals surface area contributed by atoms with E-state index in [1.165, 1.54) is 0 Å². The molecule has 5 aromatic rings. The molecule has 0 aliphatic carbocycles. The first-order chi connectivity index (χ1) is 15.6. The van der Waals surface area contributed by atoms with E-state index in [2.05, 4.69) is 32.0 Å². The molecule has 2 aromatic carbocycles. The van der Waals surface area contributed by atoms with Gasteiger partial charge in [-0.25, -0.2) is 15.0 Å². The van der Waals surface area contributed by atoms with Gasteiger partial charge in [-0.3, -0.25) is 13.9 Å². The van der Waals surface area contributed by atoms with Crippen LogP contribution < -0.4 is 5.56 Å². The smallest absolute Gasteiger partial charge is 0.265 e. The molecule has 3 aromatic heterocycles. The third-order valence-electron chi connectivity index (χ3n) is 6.26. The van der Waals surface area contributed by atoms with Crippen molar-refractivity contribution in [2.45, 2.75) is 39.3 Å². The standard InChI is InChI=1S/C25H23N5O2/c1-15-9-10-16(2)20(12-15)30-23-21(22-24(30)28-19-8-4-3-7-18(19)27-22)25(31)29(14-26-23)13-17-6-5-11-32-17/h3-4,7-10,12,14,17H,5-6,11,13H2,1-2H3/t17-/m1/s1. The van der Waals surface area contributed by atoms with E-state index in [0.29, 0.717) is 28.7 Å². The van der Waals surface area contributed by atoms with E-state index in [-0.39, 0.29) is 11.7 Å². The van der Waals surface area contributed by atoms with Crippen molar-refractivity contribution in [3.63, 3.8) is 0 Å². The first-order valence-electron chi connectivity index (χ1n) is 11.0. The van der Waals surface area contributed by atoms with Crippen LogP contribution in [0.15, 0.2) is 53.6 Å². The van der Waals surface area contributed by atoms with Crippen LogP contribution in [0.2, 0.25) is 0 Å². The molecule has 0 unspecified atom stereocenters. The first-order valence-corrected chi connectivity index (χ1v) is 11.0. The minimum Gasteiger partial charge on any atom is -0.376 e. The molecule has 6 rings (SSSR count). The largest absolute Gasteiger partial charge is 0.376 e. The van der Waals surface area contributed by atoms with Crippen LogP contribution in [-0.2, 0) is 11.3 Å². The lowest BCUT2D eigenvalue weighted by Crippen LogP contribution is -2.26. The molecule has 0 saturated carbocycles. The molecule has 0 amide bonds. The van der Waals surface area contributed by atoms with E-state index >= 15 is 0 Å². The Labute approximate surface area is 184 Å². The summed E-state index contributed by atoms with van der Waals surface area (Å²) < 4.78 is 9.38. The Bertz CT molecular complexity index is 1560. The van der Waals surface area contributed by atoms with Crippen molar-refractivity contribution in [2.24, 2.45) is 0 Å². The predicted octanol–water partition coefficient (Wildman–Crippen LogP) is 4.08. The Morgan fingerprint density at radius 2 is 1.88 bits per heavy atom. The van der Waals surface area contributed by atoms with Gasteiger partial charge in [-0.05, 0) is 56.0 Å². The molecule has 0 spiro atoms. The number of nitrogens with zero attached hydrogens (tertiary/aromatic N) is 5. The number of rotatable bonds is 3. The summed E-state index contributed by atoms with van der Waals surface area (Å²) in [6, 6.07) is 14.0. The number of fused-ring (bicyclic) bond motifs is 4. The number of aromatic nitrogens is 5. The summed E-state index contributed by atoms with van der Waals surface area (Å²) in [5.41, 5.74) is 6.41. The van der Waals surface area contributed by atoms with Gasteiger partial charge in [0.15, 0.2) is 11.3 Å². The molecule has 1 atom stereocenters. The summed E-state index contributed by atoms with van der Waals surface area (Å²) in [4.78, 5) is 28.2. The van der Waals surface area contributed by atoms with Crippen LogP contribution in [0, 0.1) is 13.8 Å². The molecule has 1 fully saturated rings. The molecule has 1 aliphatic heterocycles. The second kappa shape index (κ2) is 7.24. The summed E-state index contributed by atoms with van der Waals surface area (Å²) in [7, 11) is 0. The topological polar surface area (TPSA) is 74.8 Å². The predicted molar refractivity (Wildman–Crippen MR) is 124 cm³/mol. The molecule has 7 nitrogen and oxygen atoms in total. The van der Waals surface area contributed by atoms with Gasteiger partial charge in [0.2, 0.25) is 0 Å². The first kappa shape index (κ1) is 19.1. The number of para-hydroxylation sites is 2. The molecule has 4 heterocycles. The molecule has 0 radical (unpaired) electrons. The normalized spacial score (nSPS) is 16.5. The number of aryl methyl sites for hydroxylation is 2. The third-order valence-corrected chi connectivity index (χ3v) is 6.26.